The molecule has 11 heteroatoms. The Morgan fingerprint density at radius 3 is 1.86 bits per heavy atom. The van der Waals surface area contributed by atoms with Crippen LogP contribution >= 0.6 is 0 Å². The summed E-state index contributed by atoms with van der Waals surface area (Å²) >= 11 is 0. The molecule has 0 saturated carbocycles. The van der Waals surface area contributed by atoms with Gasteiger partial charge in [-0.1, -0.05) is 18.2 Å². The third-order valence-electron chi connectivity index (χ3n) is 2.42. The molecule has 2 aromatic rings. The molecule has 0 saturated heterocycles. The van der Waals surface area contributed by atoms with E-state index in [1.807, 2.05) is 0 Å². The van der Waals surface area contributed by atoms with Crippen LogP contribution in [-0.4, -0.2) is 25.9 Å². The van der Waals surface area contributed by atoms with Crippen LogP contribution in [0.25, 0.3) is 10.8 Å². The van der Waals surface area contributed by atoms with E-state index in [0.717, 1.165) is 24.3 Å². The van der Waals surface area contributed by atoms with Crippen molar-refractivity contribution in [1.29, 1.82) is 0 Å². The number of fused-ring (bicyclic) bond motifs is 1. The first-order valence-corrected chi connectivity index (χ1v) is 7.62. The van der Waals surface area contributed by atoms with Gasteiger partial charge in [-0.05, 0) is 22.9 Å². The number of hydrogen-bond donors (Lipinski definition) is 1. The van der Waals surface area contributed by atoms with Gasteiger partial charge in [0.05, 0.1) is 4.90 Å². The molecule has 2 rings (SSSR count). The standard InChI is InChI=1S/C10H8O7S2.2Na/c11-8-2-1-6-4-9(18(12,13)14)10(19(15,16)17)5-7(6)3-8;;/h1-5,11H,(H,12,13,14)(H,15,16,17);;/q;2*+1/p-2. The van der Waals surface area contributed by atoms with Gasteiger partial charge in [0.1, 0.15) is 15.0 Å². The zero-order valence-corrected chi connectivity index (χ0v) is 16.7. The predicted molar refractivity (Wildman–Crippen MR) is 61.2 cm³/mol. The van der Waals surface area contributed by atoms with E-state index in [4.69, 9.17) is 4.55 Å². The molecular weight excluding hydrogens is 342 g/mol. The van der Waals surface area contributed by atoms with Gasteiger partial charge in [-0.25, -0.2) is 8.42 Å². The van der Waals surface area contributed by atoms with Crippen LogP contribution in [0.3, 0.4) is 0 Å². The van der Waals surface area contributed by atoms with Crippen LogP contribution in [0.5, 0.6) is 5.75 Å². The average molecular weight is 348 g/mol. The minimum atomic E-state index is -5.09. The molecule has 0 bridgehead atoms. The van der Waals surface area contributed by atoms with Crippen LogP contribution in [0.1, 0.15) is 0 Å². The number of benzene rings is 2. The van der Waals surface area contributed by atoms with Gasteiger partial charge in [-0.15, -0.1) is 5.75 Å². The summed E-state index contributed by atoms with van der Waals surface area (Å²) in [6.07, 6.45) is 0. The third kappa shape index (κ3) is 4.90. The molecule has 102 valence electrons. The molecule has 1 N–H and O–H groups in total. The van der Waals surface area contributed by atoms with Crippen LogP contribution in [-0.2, 0) is 20.2 Å². The van der Waals surface area contributed by atoms with Crippen LogP contribution in [0.15, 0.2) is 40.1 Å². The van der Waals surface area contributed by atoms with Crippen LogP contribution in [0.2, 0.25) is 0 Å². The quantitative estimate of drug-likeness (QED) is 0.422. The van der Waals surface area contributed by atoms with E-state index in [9.17, 15) is 26.5 Å². The van der Waals surface area contributed by atoms with Crippen molar-refractivity contribution in [2.75, 3.05) is 0 Å². The molecule has 0 aromatic heterocycles. The third-order valence-corrected chi connectivity index (χ3v) is 4.32. The molecule has 0 radical (unpaired) electrons. The summed E-state index contributed by atoms with van der Waals surface area (Å²) in [4.78, 5) is -2.10. The van der Waals surface area contributed by atoms with E-state index in [0.29, 0.717) is 0 Å². The zero-order chi connectivity index (χ0) is 14.4. The van der Waals surface area contributed by atoms with Gasteiger partial charge in [0.2, 0.25) is 0 Å². The Kier molecular flexibility index (Phi) is 7.37. The minimum absolute atomic E-state index is 0. The number of rotatable bonds is 2. The Morgan fingerprint density at radius 2 is 1.38 bits per heavy atom. The van der Waals surface area contributed by atoms with Crippen molar-refractivity contribution in [2.24, 2.45) is 0 Å². The predicted octanol–water partition coefficient (Wildman–Crippen LogP) is -5.93. The fourth-order valence-electron chi connectivity index (χ4n) is 1.63. The maximum absolute atomic E-state index is 11.1. The molecule has 0 heterocycles. The Hall–Kier alpha value is 0.320. The van der Waals surface area contributed by atoms with Crippen molar-refractivity contribution in [2.45, 2.75) is 9.79 Å². The van der Waals surface area contributed by atoms with Crippen LogP contribution in [0.4, 0.5) is 0 Å². The molecule has 0 atom stereocenters. The van der Waals surface area contributed by atoms with Crippen molar-refractivity contribution in [3.05, 3.63) is 30.3 Å². The summed E-state index contributed by atoms with van der Waals surface area (Å²) in [5.41, 5.74) is 0. The first kappa shape index (κ1) is 21.3. The summed E-state index contributed by atoms with van der Waals surface area (Å²) in [6, 6.07) is 5.03. The molecule has 0 aliphatic rings. The van der Waals surface area contributed by atoms with E-state index < -0.39 is 35.8 Å². The molecule has 0 aliphatic carbocycles. The first-order chi connectivity index (χ1) is 8.59. The smallest absolute Gasteiger partial charge is 0.872 e. The summed E-state index contributed by atoms with van der Waals surface area (Å²) in [7, 11) is -9.99. The van der Waals surface area contributed by atoms with Crippen molar-refractivity contribution >= 4 is 31.0 Å². The maximum Gasteiger partial charge on any atom is 1.00 e. The second kappa shape index (κ2) is 7.26. The Morgan fingerprint density at radius 1 is 0.857 bits per heavy atom. The molecule has 0 amide bonds. The molecule has 7 nitrogen and oxygen atoms in total. The first-order valence-electron chi connectivity index (χ1n) is 4.77. The van der Waals surface area contributed by atoms with Gasteiger partial charge in [-0.3, -0.25) is 4.55 Å². The molecular formula is C10H6Na2O7S2. The molecule has 21 heavy (non-hydrogen) atoms. The SMILES string of the molecule is O=S(=O)([O-])c1cc2ccc([O-])cc2cc1S(=O)(=O)O.[Na+].[Na+]. The van der Waals surface area contributed by atoms with E-state index in [1.165, 1.54) is 6.07 Å². The van der Waals surface area contributed by atoms with Crippen LogP contribution in [0, 0.1) is 0 Å². The van der Waals surface area contributed by atoms with Gasteiger partial charge in [0.25, 0.3) is 10.1 Å². The summed E-state index contributed by atoms with van der Waals surface area (Å²) in [6.45, 7) is 0. The van der Waals surface area contributed by atoms with Crippen molar-refractivity contribution < 1.29 is 90.2 Å². The van der Waals surface area contributed by atoms with Crippen molar-refractivity contribution in [1.82, 2.24) is 0 Å². The largest absolute Gasteiger partial charge is 1.00 e. The fraction of sp³-hybridized carbons (Fsp3) is 0. The Balaban J connectivity index is 0.00000200. The number of hydrogen-bond acceptors (Lipinski definition) is 6. The summed E-state index contributed by atoms with van der Waals surface area (Å²) < 4.78 is 64.2. The van der Waals surface area contributed by atoms with E-state index >= 15 is 0 Å². The van der Waals surface area contributed by atoms with Crippen molar-refractivity contribution in [3.63, 3.8) is 0 Å². The van der Waals surface area contributed by atoms with E-state index in [1.54, 1.807) is 0 Å². The van der Waals surface area contributed by atoms with Gasteiger partial charge in [0, 0.05) is 0 Å². The van der Waals surface area contributed by atoms with Gasteiger partial charge in [0.15, 0.2) is 0 Å². The minimum Gasteiger partial charge on any atom is -0.872 e. The average Bonchev–Trinajstić information content (AvgIpc) is 2.24. The second-order valence-electron chi connectivity index (χ2n) is 3.74. The van der Waals surface area contributed by atoms with E-state index in [2.05, 4.69) is 0 Å². The maximum atomic E-state index is 11.1. The van der Waals surface area contributed by atoms with Crippen molar-refractivity contribution in [3.8, 4) is 5.75 Å². The molecule has 0 fully saturated rings. The van der Waals surface area contributed by atoms with Gasteiger partial charge >= 0.3 is 59.1 Å². The van der Waals surface area contributed by atoms with Gasteiger partial charge in [-0.2, -0.15) is 8.42 Å². The summed E-state index contributed by atoms with van der Waals surface area (Å²) in [5.74, 6) is -0.425. The Labute approximate surface area is 165 Å². The second-order valence-corrected chi connectivity index (χ2v) is 6.48. The van der Waals surface area contributed by atoms with Crippen LogP contribution < -0.4 is 64.2 Å². The van der Waals surface area contributed by atoms with Gasteiger partial charge < -0.3 is 9.66 Å². The summed E-state index contributed by atoms with van der Waals surface area (Å²) in [5, 5.41) is 11.4. The topological polar surface area (TPSA) is 135 Å². The molecule has 2 aromatic carbocycles. The normalized spacial score (nSPS) is 11.5. The zero-order valence-electron chi connectivity index (χ0n) is 11.1. The molecule has 0 aliphatic heterocycles. The monoisotopic (exact) mass is 348 g/mol. The molecule has 0 spiro atoms. The van der Waals surface area contributed by atoms with E-state index in [-0.39, 0.29) is 69.9 Å². The Bertz CT molecular complexity index is 876. The fourth-order valence-corrected chi connectivity index (χ4v) is 3.42. The molecule has 0 unspecified atom stereocenters.